The summed E-state index contributed by atoms with van der Waals surface area (Å²) in [5, 5.41) is 3.32. The van der Waals surface area contributed by atoms with Crippen molar-refractivity contribution in [2.75, 3.05) is 24.3 Å². The summed E-state index contributed by atoms with van der Waals surface area (Å²) in [6.45, 7) is 0.745. The van der Waals surface area contributed by atoms with Crippen LogP contribution in [0.15, 0.2) is 46.9 Å². The number of imidazole rings is 1. The molecule has 108 valence electrons. The average molecular weight is 345 g/mol. The SMILES string of the molecule is CN(C)c1ccc(CNc2nc3ccc(Br)cc3[nH]2)cc1. The zero-order valence-electron chi connectivity index (χ0n) is 12.0. The number of benzene rings is 2. The van der Waals surface area contributed by atoms with Crippen LogP contribution in [0.25, 0.3) is 11.0 Å². The second-order valence-electron chi connectivity index (χ2n) is 5.16. The van der Waals surface area contributed by atoms with Crippen LogP contribution in [0.3, 0.4) is 0 Å². The predicted molar refractivity (Wildman–Crippen MR) is 91.9 cm³/mol. The molecule has 0 saturated carbocycles. The Kier molecular flexibility index (Phi) is 3.84. The molecule has 0 aliphatic rings. The molecule has 0 saturated heterocycles. The molecule has 5 heteroatoms. The first-order valence-corrected chi connectivity index (χ1v) is 7.56. The molecule has 0 aliphatic heterocycles. The van der Waals surface area contributed by atoms with Crippen molar-refractivity contribution >= 4 is 38.6 Å². The van der Waals surface area contributed by atoms with Gasteiger partial charge in [0.05, 0.1) is 11.0 Å². The third-order valence-electron chi connectivity index (χ3n) is 3.36. The maximum atomic E-state index is 4.52. The molecule has 0 fully saturated rings. The standard InChI is InChI=1S/C16H17BrN4/c1-21(2)13-6-3-11(4-7-13)10-18-16-19-14-8-5-12(17)9-15(14)20-16/h3-9H,10H2,1-2H3,(H2,18,19,20). The summed E-state index contributed by atoms with van der Waals surface area (Å²) in [5.74, 6) is 0.791. The van der Waals surface area contributed by atoms with E-state index in [-0.39, 0.29) is 0 Å². The van der Waals surface area contributed by atoms with Crippen molar-refractivity contribution in [1.82, 2.24) is 9.97 Å². The summed E-state index contributed by atoms with van der Waals surface area (Å²) in [6.07, 6.45) is 0. The molecule has 3 rings (SSSR count). The van der Waals surface area contributed by atoms with E-state index in [2.05, 4.69) is 60.4 Å². The fraction of sp³-hybridized carbons (Fsp3) is 0.188. The molecule has 0 bridgehead atoms. The van der Waals surface area contributed by atoms with Gasteiger partial charge in [0.15, 0.2) is 0 Å². The minimum absolute atomic E-state index is 0.745. The summed E-state index contributed by atoms with van der Waals surface area (Å²) < 4.78 is 1.05. The van der Waals surface area contributed by atoms with Gasteiger partial charge in [-0.2, -0.15) is 0 Å². The third kappa shape index (κ3) is 3.19. The van der Waals surface area contributed by atoms with E-state index in [1.807, 2.05) is 32.3 Å². The minimum Gasteiger partial charge on any atom is -0.378 e. The number of H-pyrrole nitrogens is 1. The van der Waals surface area contributed by atoms with E-state index >= 15 is 0 Å². The van der Waals surface area contributed by atoms with Gasteiger partial charge in [0.2, 0.25) is 5.95 Å². The largest absolute Gasteiger partial charge is 0.378 e. The Balaban J connectivity index is 1.71. The number of aromatic nitrogens is 2. The van der Waals surface area contributed by atoms with E-state index in [0.29, 0.717) is 0 Å². The second-order valence-corrected chi connectivity index (χ2v) is 6.08. The van der Waals surface area contributed by atoms with Crippen LogP contribution in [-0.2, 0) is 6.54 Å². The van der Waals surface area contributed by atoms with Crippen LogP contribution in [0.1, 0.15) is 5.56 Å². The summed E-state index contributed by atoms with van der Waals surface area (Å²) in [5.41, 5.74) is 4.41. The first-order valence-electron chi connectivity index (χ1n) is 6.77. The smallest absolute Gasteiger partial charge is 0.201 e. The van der Waals surface area contributed by atoms with E-state index < -0.39 is 0 Å². The monoisotopic (exact) mass is 344 g/mol. The maximum Gasteiger partial charge on any atom is 0.201 e. The van der Waals surface area contributed by atoms with Crippen molar-refractivity contribution in [3.63, 3.8) is 0 Å². The summed E-state index contributed by atoms with van der Waals surface area (Å²) in [4.78, 5) is 9.89. The van der Waals surface area contributed by atoms with Gasteiger partial charge in [-0.3, -0.25) is 0 Å². The van der Waals surface area contributed by atoms with Crippen LogP contribution in [0.4, 0.5) is 11.6 Å². The average Bonchev–Trinajstić information content (AvgIpc) is 2.87. The third-order valence-corrected chi connectivity index (χ3v) is 3.85. The molecule has 0 amide bonds. The summed E-state index contributed by atoms with van der Waals surface area (Å²) >= 11 is 3.46. The van der Waals surface area contributed by atoms with Gasteiger partial charge in [0, 0.05) is 30.8 Å². The molecule has 4 nitrogen and oxygen atoms in total. The highest BCUT2D eigenvalue weighted by Gasteiger charge is 2.03. The molecular weight excluding hydrogens is 328 g/mol. The highest BCUT2D eigenvalue weighted by atomic mass is 79.9. The van der Waals surface area contributed by atoms with E-state index in [9.17, 15) is 0 Å². The van der Waals surface area contributed by atoms with Gasteiger partial charge in [0.1, 0.15) is 0 Å². The first-order chi connectivity index (χ1) is 10.1. The number of fused-ring (bicyclic) bond motifs is 1. The molecule has 0 radical (unpaired) electrons. The van der Waals surface area contributed by atoms with Gasteiger partial charge in [-0.1, -0.05) is 28.1 Å². The highest BCUT2D eigenvalue weighted by molar-refractivity contribution is 9.10. The molecule has 2 aromatic carbocycles. The van der Waals surface area contributed by atoms with E-state index in [0.717, 1.165) is 28.0 Å². The molecule has 1 heterocycles. The van der Waals surface area contributed by atoms with Gasteiger partial charge in [-0.05, 0) is 35.9 Å². The lowest BCUT2D eigenvalue weighted by molar-refractivity contribution is 1.09. The minimum atomic E-state index is 0.745. The van der Waals surface area contributed by atoms with Crippen molar-refractivity contribution in [3.8, 4) is 0 Å². The number of rotatable bonds is 4. The second kappa shape index (κ2) is 5.77. The zero-order valence-corrected chi connectivity index (χ0v) is 13.6. The predicted octanol–water partition coefficient (Wildman–Crippen LogP) is 4.00. The molecule has 0 atom stereocenters. The van der Waals surface area contributed by atoms with Gasteiger partial charge in [0.25, 0.3) is 0 Å². The van der Waals surface area contributed by atoms with Crippen molar-refractivity contribution in [3.05, 3.63) is 52.5 Å². The number of halogens is 1. The van der Waals surface area contributed by atoms with Crippen LogP contribution in [0.5, 0.6) is 0 Å². The van der Waals surface area contributed by atoms with Crippen LogP contribution in [0.2, 0.25) is 0 Å². The number of hydrogen-bond donors (Lipinski definition) is 2. The molecule has 0 unspecified atom stereocenters. The van der Waals surface area contributed by atoms with Gasteiger partial charge >= 0.3 is 0 Å². The van der Waals surface area contributed by atoms with Crippen LogP contribution >= 0.6 is 15.9 Å². The normalized spacial score (nSPS) is 10.8. The molecular formula is C16H17BrN4. The molecule has 1 aromatic heterocycles. The quantitative estimate of drug-likeness (QED) is 0.751. The lowest BCUT2D eigenvalue weighted by Crippen LogP contribution is -2.08. The topological polar surface area (TPSA) is 44.0 Å². The van der Waals surface area contributed by atoms with Crippen LogP contribution < -0.4 is 10.2 Å². The zero-order chi connectivity index (χ0) is 14.8. The molecule has 0 aliphatic carbocycles. The van der Waals surface area contributed by atoms with E-state index in [1.54, 1.807) is 0 Å². The molecule has 0 spiro atoms. The van der Waals surface area contributed by atoms with E-state index in [4.69, 9.17) is 0 Å². The van der Waals surface area contributed by atoms with Crippen molar-refractivity contribution in [2.45, 2.75) is 6.54 Å². The molecule has 21 heavy (non-hydrogen) atoms. The number of aromatic amines is 1. The van der Waals surface area contributed by atoms with Crippen molar-refractivity contribution in [2.24, 2.45) is 0 Å². The molecule has 2 N–H and O–H groups in total. The number of nitrogens with one attached hydrogen (secondary N) is 2. The lowest BCUT2D eigenvalue weighted by Gasteiger charge is -2.12. The van der Waals surface area contributed by atoms with Crippen molar-refractivity contribution in [1.29, 1.82) is 0 Å². The Hall–Kier alpha value is -2.01. The number of nitrogens with zero attached hydrogens (tertiary/aromatic N) is 2. The fourth-order valence-electron chi connectivity index (χ4n) is 2.16. The van der Waals surface area contributed by atoms with Crippen LogP contribution in [-0.4, -0.2) is 24.1 Å². The Labute approximate surface area is 132 Å². The maximum absolute atomic E-state index is 4.52. The van der Waals surface area contributed by atoms with E-state index in [1.165, 1.54) is 11.3 Å². The Morgan fingerprint density at radius 3 is 2.62 bits per heavy atom. The fourth-order valence-corrected chi connectivity index (χ4v) is 2.52. The summed E-state index contributed by atoms with van der Waals surface area (Å²) in [6, 6.07) is 14.5. The van der Waals surface area contributed by atoms with Crippen LogP contribution in [0, 0.1) is 0 Å². The van der Waals surface area contributed by atoms with Gasteiger partial charge in [-0.15, -0.1) is 0 Å². The Morgan fingerprint density at radius 1 is 1.14 bits per heavy atom. The summed E-state index contributed by atoms with van der Waals surface area (Å²) in [7, 11) is 4.08. The van der Waals surface area contributed by atoms with Crippen molar-refractivity contribution < 1.29 is 0 Å². The Bertz CT molecular complexity index is 747. The highest BCUT2D eigenvalue weighted by Crippen LogP contribution is 2.20. The Morgan fingerprint density at radius 2 is 1.90 bits per heavy atom. The first kappa shape index (κ1) is 13.9. The lowest BCUT2D eigenvalue weighted by atomic mass is 10.2. The number of anilines is 2. The van der Waals surface area contributed by atoms with Gasteiger partial charge < -0.3 is 15.2 Å². The number of hydrogen-bond acceptors (Lipinski definition) is 3. The van der Waals surface area contributed by atoms with Gasteiger partial charge in [-0.25, -0.2) is 4.98 Å². The molecule has 3 aromatic rings.